The molecule has 0 radical (unpaired) electrons. The highest BCUT2D eigenvalue weighted by Crippen LogP contribution is 2.53. The van der Waals surface area contributed by atoms with Crippen LogP contribution in [0.25, 0.3) is 0 Å². The average molecular weight is 211 g/mol. The molecule has 86 valence electrons. The summed E-state index contributed by atoms with van der Waals surface area (Å²) in [5, 5.41) is 9.14. The summed E-state index contributed by atoms with van der Waals surface area (Å²) in [5.41, 5.74) is 0.338. The fraction of sp³-hybridized carbons (Fsp3) is 0.917. The van der Waals surface area contributed by atoms with Gasteiger partial charge in [0.2, 0.25) is 0 Å². The third-order valence-corrected chi connectivity index (χ3v) is 4.54. The van der Waals surface area contributed by atoms with Crippen molar-refractivity contribution in [3.63, 3.8) is 0 Å². The second-order valence-electron chi connectivity index (χ2n) is 5.48. The van der Waals surface area contributed by atoms with Gasteiger partial charge in [0.05, 0.1) is 5.92 Å². The molecule has 1 aliphatic heterocycles. The summed E-state index contributed by atoms with van der Waals surface area (Å²) in [5.74, 6) is -0.380. The number of piperidine rings is 1. The number of rotatable bonds is 2. The highest BCUT2D eigenvalue weighted by molar-refractivity contribution is 5.70. The Kier molecular flexibility index (Phi) is 2.75. The fourth-order valence-corrected chi connectivity index (χ4v) is 3.51. The Hall–Kier alpha value is -0.570. The number of nitrogens with zero attached hydrogens (tertiary/aromatic N) is 1. The number of hydrogen-bond donors (Lipinski definition) is 1. The Morgan fingerprint density at radius 3 is 2.67 bits per heavy atom. The maximum Gasteiger partial charge on any atom is 0.306 e. The summed E-state index contributed by atoms with van der Waals surface area (Å²) in [6, 6.07) is 0. The zero-order valence-electron chi connectivity index (χ0n) is 9.70. The second kappa shape index (κ2) is 3.78. The molecule has 1 heterocycles. The molecule has 2 fully saturated rings. The molecular weight excluding hydrogens is 190 g/mol. The van der Waals surface area contributed by atoms with Gasteiger partial charge >= 0.3 is 5.97 Å². The van der Waals surface area contributed by atoms with Gasteiger partial charge in [0.25, 0.3) is 0 Å². The number of carbonyl (C=O) groups is 1. The first-order valence-corrected chi connectivity index (χ1v) is 5.96. The van der Waals surface area contributed by atoms with E-state index in [-0.39, 0.29) is 5.92 Å². The van der Waals surface area contributed by atoms with Crippen LogP contribution in [-0.2, 0) is 4.79 Å². The molecule has 0 bridgehead atoms. The van der Waals surface area contributed by atoms with E-state index >= 15 is 0 Å². The molecule has 2 aliphatic rings. The Balaban J connectivity index is 2.12. The van der Waals surface area contributed by atoms with Crippen LogP contribution in [0.3, 0.4) is 0 Å². The summed E-state index contributed by atoms with van der Waals surface area (Å²) < 4.78 is 0. The lowest BCUT2D eigenvalue weighted by Crippen LogP contribution is -2.53. The van der Waals surface area contributed by atoms with Crippen molar-refractivity contribution in [3.8, 4) is 0 Å². The van der Waals surface area contributed by atoms with Crippen molar-refractivity contribution in [1.29, 1.82) is 0 Å². The SMILES string of the molecule is CC(C(=O)O)C1CCN(C)CC12CCC2. The molecule has 1 spiro atoms. The van der Waals surface area contributed by atoms with Crippen LogP contribution in [0.15, 0.2) is 0 Å². The quantitative estimate of drug-likeness (QED) is 0.757. The van der Waals surface area contributed by atoms with Gasteiger partial charge in [-0.05, 0) is 44.2 Å². The molecule has 0 amide bonds. The van der Waals surface area contributed by atoms with Crippen LogP contribution in [0.2, 0.25) is 0 Å². The van der Waals surface area contributed by atoms with E-state index in [1.165, 1.54) is 19.3 Å². The summed E-state index contributed by atoms with van der Waals surface area (Å²) in [6.07, 6.45) is 4.82. The summed E-state index contributed by atoms with van der Waals surface area (Å²) in [7, 11) is 2.15. The number of carboxylic acids is 1. The van der Waals surface area contributed by atoms with E-state index < -0.39 is 5.97 Å². The Morgan fingerprint density at radius 1 is 1.53 bits per heavy atom. The van der Waals surface area contributed by atoms with E-state index in [1.807, 2.05) is 6.92 Å². The van der Waals surface area contributed by atoms with Crippen LogP contribution >= 0.6 is 0 Å². The van der Waals surface area contributed by atoms with Crippen LogP contribution in [0, 0.1) is 17.3 Å². The molecule has 1 N–H and O–H groups in total. The molecule has 3 nitrogen and oxygen atoms in total. The van der Waals surface area contributed by atoms with Gasteiger partial charge in [0.1, 0.15) is 0 Å². The van der Waals surface area contributed by atoms with E-state index in [9.17, 15) is 4.79 Å². The minimum Gasteiger partial charge on any atom is -0.481 e. The first kappa shape index (κ1) is 10.9. The highest BCUT2D eigenvalue weighted by Gasteiger charge is 2.49. The predicted molar refractivity (Wildman–Crippen MR) is 58.7 cm³/mol. The molecule has 0 aromatic rings. The van der Waals surface area contributed by atoms with E-state index in [0.29, 0.717) is 11.3 Å². The smallest absolute Gasteiger partial charge is 0.306 e. The molecule has 2 rings (SSSR count). The molecule has 3 heteroatoms. The minimum atomic E-state index is -0.615. The largest absolute Gasteiger partial charge is 0.481 e. The van der Waals surface area contributed by atoms with Gasteiger partial charge in [-0.25, -0.2) is 0 Å². The standard InChI is InChI=1S/C12H21NO2/c1-9(11(14)15)10-4-7-13(2)8-12(10)5-3-6-12/h9-10H,3-8H2,1-2H3,(H,14,15). The van der Waals surface area contributed by atoms with Gasteiger partial charge in [-0.1, -0.05) is 13.3 Å². The number of aliphatic carboxylic acids is 1. The van der Waals surface area contributed by atoms with E-state index in [1.54, 1.807) is 0 Å². The van der Waals surface area contributed by atoms with Gasteiger partial charge < -0.3 is 10.0 Å². The molecule has 1 aliphatic carbocycles. The Morgan fingerprint density at radius 2 is 2.20 bits per heavy atom. The maximum absolute atomic E-state index is 11.1. The van der Waals surface area contributed by atoms with Crippen molar-refractivity contribution in [2.24, 2.45) is 17.3 Å². The molecule has 1 saturated carbocycles. The first-order valence-electron chi connectivity index (χ1n) is 5.96. The monoisotopic (exact) mass is 211 g/mol. The Bertz CT molecular complexity index is 260. The summed E-state index contributed by atoms with van der Waals surface area (Å²) >= 11 is 0. The third-order valence-electron chi connectivity index (χ3n) is 4.54. The highest BCUT2D eigenvalue weighted by atomic mass is 16.4. The van der Waals surface area contributed by atoms with E-state index in [2.05, 4.69) is 11.9 Å². The Labute approximate surface area is 91.5 Å². The zero-order chi connectivity index (χ0) is 11.1. The van der Waals surface area contributed by atoms with Crippen LogP contribution < -0.4 is 0 Å². The topological polar surface area (TPSA) is 40.5 Å². The molecule has 1 saturated heterocycles. The molecule has 0 aromatic heterocycles. The molecule has 15 heavy (non-hydrogen) atoms. The first-order chi connectivity index (χ1) is 7.05. The maximum atomic E-state index is 11.1. The fourth-order valence-electron chi connectivity index (χ4n) is 3.51. The van der Waals surface area contributed by atoms with Crippen molar-refractivity contribution in [1.82, 2.24) is 4.90 Å². The predicted octanol–water partition coefficient (Wildman–Crippen LogP) is 1.83. The zero-order valence-corrected chi connectivity index (χ0v) is 9.70. The normalized spacial score (nSPS) is 32.3. The van der Waals surface area contributed by atoms with Gasteiger partial charge in [0, 0.05) is 6.54 Å². The molecular formula is C12H21NO2. The number of likely N-dealkylation sites (tertiary alicyclic amines) is 1. The van der Waals surface area contributed by atoms with Gasteiger partial charge in [-0.3, -0.25) is 4.79 Å². The second-order valence-corrected chi connectivity index (χ2v) is 5.48. The van der Waals surface area contributed by atoms with Crippen molar-refractivity contribution in [2.45, 2.75) is 32.6 Å². The van der Waals surface area contributed by atoms with Crippen molar-refractivity contribution in [2.75, 3.05) is 20.1 Å². The molecule has 0 aromatic carbocycles. The lowest BCUT2D eigenvalue weighted by Gasteiger charge is -2.54. The number of carboxylic acid groups (broad SMARTS) is 1. The minimum absolute atomic E-state index is 0.168. The summed E-state index contributed by atoms with van der Waals surface area (Å²) in [6.45, 7) is 4.05. The average Bonchev–Trinajstić information content (AvgIpc) is 2.14. The van der Waals surface area contributed by atoms with Crippen LogP contribution in [0.4, 0.5) is 0 Å². The van der Waals surface area contributed by atoms with Gasteiger partial charge in [0.15, 0.2) is 0 Å². The van der Waals surface area contributed by atoms with Crippen LogP contribution in [0.5, 0.6) is 0 Å². The van der Waals surface area contributed by atoms with Gasteiger partial charge in [-0.15, -0.1) is 0 Å². The molecule has 2 unspecified atom stereocenters. The van der Waals surface area contributed by atoms with E-state index in [0.717, 1.165) is 19.5 Å². The van der Waals surface area contributed by atoms with E-state index in [4.69, 9.17) is 5.11 Å². The molecule has 2 atom stereocenters. The van der Waals surface area contributed by atoms with Crippen molar-refractivity contribution < 1.29 is 9.90 Å². The van der Waals surface area contributed by atoms with Crippen molar-refractivity contribution in [3.05, 3.63) is 0 Å². The van der Waals surface area contributed by atoms with Crippen molar-refractivity contribution >= 4 is 5.97 Å². The third kappa shape index (κ3) is 1.78. The van der Waals surface area contributed by atoms with Crippen LogP contribution in [0.1, 0.15) is 32.6 Å². The lowest BCUT2D eigenvalue weighted by atomic mass is 9.55. The number of hydrogen-bond acceptors (Lipinski definition) is 2. The summed E-state index contributed by atoms with van der Waals surface area (Å²) in [4.78, 5) is 13.5. The lowest BCUT2D eigenvalue weighted by molar-refractivity contribution is -0.149. The van der Waals surface area contributed by atoms with Gasteiger partial charge in [-0.2, -0.15) is 0 Å². The van der Waals surface area contributed by atoms with Crippen LogP contribution in [-0.4, -0.2) is 36.1 Å².